The Hall–Kier alpha value is -0.870. The molecule has 0 aromatic carbocycles. The molecule has 14 heavy (non-hydrogen) atoms. The van der Waals surface area contributed by atoms with Gasteiger partial charge >= 0.3 is 0 Å². The molecule has 80 valence electrons. The van der Waals surface area contributed by atoms with Gasteiger partial charge in [-0.05, 0) is 11.5 Å². The summed E-state index contributed by atoms with van der Waals surface area (Å²) >= 11 is 0. The summed E-state index contributed by atoms with van der Waals surface area (Å²) in [5.74, 6) is 1.05. The molecular weight excluding hydrogens is 202 g/mol. The van der Waals surface area contributed by atoms with Crippen molar-refractivity contribution >= 4 is 18.5 Å². The zero-order valence-corrected chi connectivity index (χ0v) is 9.47. The van der Waals surface area contributed by atoms with E-state index in [4.69, 9.17) is 10.3 Å². The van der Waals surface area contributed by atoms with E-state index < -0.39 is 0 Å². The minimum absolute atomic E-state index is 0. The fourth-order valence-electron chi connectivity index (χ4n) is 0.739. The van der Waals surface area contributed by atoms with Crippen LogP contribution in [0.15, 0.2) is 10.6 Å². The van der Waals surface area contributed by atoms with Crippen LogP contribution in [0.4, 0.5) is 0 Å². The van der Waals surface area contributed by atoms with E-state index in [0.29, 0.717) is 18.3 Å². The molecule has 0 unspecified atom stereocenters. The number of halogens is 1. The molecule has 5 heteroatoms. The molecule has 0 bridgehead atoms. The van der Waals surface area contributed by atoms with Crippen LogP contribution in [0.3, 0.4) is 0 Å². The summed E-state index contributed by atoms with van der Waals surface area (Å²) in [4.78, 5) is 4.04. The first-order valence-corrected chi connectivity index (χ1v) is 4.23. The van der Waals surface area contributed by atoms with Crippen LogP contribution < -0.4 is 5.73 Å². The summed E-state index contributed by atoms with van der Waals surface area (Å²) in [6.07, 6.45) is 3.83. The van der Waals surface area contributed by atoms with Crippen LogP contribution in [0.25, 0.3) is 6.08 Å². The number of rotatable bonds is 2. The fraction of sp³-hybridized carbons (Fsp3) is 0.556. The van der Waals surface area contributed by atoms with Gasteiger partial charge in [-0.2, -0.15) is 4.98 Å². The Morgan fingerprint density at radius 2 is 2.07 bits per heavy atom. The maximum Gasteiger partial charge on any atom is 0.250 e. The molecule has 0 saturated carbocycles. The van der Waals surface area contributed by atoms with E-state index in [1.54, 1.807) is 0 Å². The van der Waals surface area contributed by atoms with Gasteiger partial charge in [-0.1, -0.05) is 32.0 Å². The number of aromatic nitrogens is 2. The van der Waals surface area contributed by atoms with Crippen molar-refractivity contribution in [3.05, 3.63) is 17.8 Å². The normalized spacial score (nSPS) is 11.7. The van der Waals surface area contributed by atoms with Crippen molar-refractivity contribution in [2.45, 2.75) is 27.3 Å². The average molecular weight is 218 g/mol. The van der Waals surface area contributed by atoms with E-state index in [1.807, 2.05) is 12.2 Å². The lowest BCUT2D eigenvalue weighted by molar-refractivity contribution is 0.402. The molecule has 0 amide bonds. The van der Waals surface area contributed by atoms with E-state index in [-0.39, 0.29) is 17.8 Å². The summed E-state index contributed by atoms with van der Waals surface area (Å²) in [5.41, 5.74) is 5.46. The predicted octanol–water partition coefficient (Wildman–Crippen LogP) is 2.01. The Bertz CT molecular complexity index is 301. The minimum Gasteiger partial charge on any atom is -0.335 e. The lowest BCUT2D eigenvalue weighted by Gasteiger charge is -2.09. The zero-order chi connectivity index (χ0) is 9.90. The molecule has 0 saturated heterocycles. The van der Waals surface area contributed by atoms with Crippen LogP contribution in [0.1, 0.15) is 32.5 Å². The quantitative estimate of drug-likeness (QED) is 0.823. The third-order valence-electron chi connectivity index (χ3n) is 1.39. The zero-order valence-electron chi connectivity index (χ0n) is 8.65. The van der Waals surface area contributed by atoms with Crippen LogP contribution in [0.2, 0.25) is 0 Å². The topological polar surface area (TPSA) is 64.9 Å². The number of nitrogens with zero attached hydrogens (tertiary/aromatic N) is 2. The Labute approximate surface area is 90.0 Å². The maximum atomic E-state index is 5.34. The van der Waals surface area contributed by atoms with Crippen molar-refractivity contribution in [2.75, 3.05) is 0 Å². The molecule has 1 heterocycles. The van der Waals surface area contributed by atoms with Crippen molar-refractivity contribution in [3.8, 4) is 0 Å². The van der Waals surface area contributed by atoms with Crippen molar-refractivity contribution < 1.29 is 4.52 Å². The number of nitrogens with two attached hydrogens (primary N) is 1. The number of allylic oxidation sites excluding steroid dienone is 1. The van der Waals surface area contributed by atoms with Gasteiger partial charge < -0.3 is 10.3 Å². The molecular formula is C9H16ClN3O. The van der Waals surface area contributed by atoms with Crippen LogP contribution in [0, 0.1) is 5.41 Å². The minimum atomic E-state index is 0. The van der Waals surface area contributed by atoms with Gasteiger partial charge in [0.1, 0.15) is 0 Å². The molecule has 1 aromatic rings. The summed E-state index contributed by atoms with van der Waals surface area (Å²) in [6.45, 7) is 6.62. The van der Waals surface area contributed by atoms with Gasteiger partial charge in [0, 0.05) is 0 Å². The van der Waals surface area contributed by atoms with Crippen LogP contribution in [-0.2, 0) is 6.54 Å². The van der Waals surface area contributed by atoms with Crippen molar-refractivity contribution in [1.82, 2.24) is 10.1 Å². The highest BCUT2D eigenvalue weighted by Crippen LogP contribution is 2.16. The third-order valence-corrected chi connectivity index (χ3v) is 1.39. The second-order valence-corrected chi connectivity index (χ2v) is 3.95. The summed E-state index contributed by atoms with van der Waals surface area (Å²) < 4.78 is 4.92. The van der Waals surface area contributed by atoms with Gasteiger partial charge in [-0.25, -0.2) is 0 Å². The smallest absolute Gasteiger partial charge is 0.250 e. The molecule has 0 atom stereocenters. The third kappa shape index (κ3) is 4.39. The van der Waals surface area contributed by atoms with Crippen LogP contribution >= 0.6 is 12.4 Å². The summed E-state index contributed by atoms with van der Waals surface area (Å²) in [5, 5.41) is 3.67. The molecule has 1 aromatic heterocycles. The maximum absolute atomic E-state index is 5.34. The number of hydrogen-bond acceptors (Lipinski definition) is 4. The first-order valence-electron chi connectivity index (χ1n) is 4.23. The standard InChI is InChI=1S/C9H15N3O.ClH/c1-9(2,3)5-4-8-11-7(6-10)12-13-8;/h4-5H,6,10H2,1-3H3;1H/b5-4+;. The second kappa shape index (κ2) is 5.12. The van der Waals surface area contributed by atoms with Gasteiger partial charge in [0.05, 0.1) is 6.54 Å². The molecule has 0 aliphatic heterocycles. The summed E-state index contributed by atoms with van der Waals surface area (Å²) in [7, 11) is 0. The second-order valence-electron chi connectivity index (χ2n) is 3.95. The monoisotopic (exact) mass is 217 g/mol. The van der Waals surface area contributed by atoms with E-state index in [2.05, 4.69) is 30.9 Å². The van der Waals surface area contributed by atoms with E-state index >= 15 is 0 Å². The van der Waals surface area contributed by atoms with Crippen molar-refractivity contribution in [2.24, 2.45) is 11.1 Å². The molecule has 0 aliphatic rings. The Morgan fingerprint density at radius 1 is 1.43 bits per heavy atom. The van der Waals surface area contributed by atoms with Crippen molar-refractivity contribution in [1.29, 1.82) is 0 Å². The molecule has 0 spiro atoms. The lowest BCUT2D eigenvalue weighted by atomic mass is 9.96. The molecule has 2 N–H and O–H groups in total. The Morgan fingerprint density at radius 3 is 2.50 bits per heavy atom. The molecule has 0 aliphatic carbocycles. The number of hydrogen-bond donors (Lipinski definition) is 1. The molecule has 0 radical (unpaired) electrons. The lowest BCUT2D eigenvalue weighted by Crippen LogP contribution is -1.99. The predicted molar refractivity (Wildman–Crippen MR) is 57.9 cm³/mol. The van der Waals surface area contributed by atoms with Crippen LogP contribution in [-0.4, -0.2) is 10.1 Å². The van der Waals surface area contributed by atoms with Crippen molar-refractivity contribution in [3.63, 3.8) is 0 Å². The molecule has 4 nitrogen and oxygen atoms in total. The largest absolute Gasteiger partial charge is 0.335 e. The highest BCUT2D eigenvalue weighted by Gasteiger charge is 2.06. The average Bonchev–Trinajstić information content (AvgIpc) is 2.47. The van der Waals surface area contributed by atoms with E-state index in [9.17, 15) is 0 Å². The highest BCUT2D eigenvalue weighted by atomic mass is 35.5. The fourth-order valence-corrected chi connectivity index (χ4v) is 0.739. The van der Waals surface area contributed by atoms with Gasteiger partial charge in [0.2, 0.25) is 5.89 Å². The van der Waals surface area contributed by atoms with Gasteiger partial charge in [-0.3, -0.25) is 0 Å². The van der Waals surface area contributed by atoms with Gasteiger partial charge in [-0.15, -0.1) is 12.4 Å². The molecule has 1 rings (SSSR count). The molecule has 0 fully saturated rings. The Balaban J connectivity index is 0.00000169. The van der Waals surface area contributed by atoms with Gasteiger partial charge in [0.25, 0.3) is 0 Å². The van der Waals surface area contributed by atoms with E-state index in [1.165, 1.54) is 0 Å². The first-order chi connectivity index (χ1) is 6.01. The first kappa shape index (κ1) is 13.1. The SMILES string of the molecule is CC(C)(C)/C=C/c1nc(CN)no1.Cl. The van der Waals surface area contributed by atoms with Crippen LogP contribution in [0.5, 0.6) is 0 Å². The van der Waals surface area contributed by atoms with E-state index in [0.717, 1.165) is 0 Å². The summed E-state index contributed by atoms with van der Waals surface area (Å²) in [6, 6.07) is 0. The van der Waals surface area contributed by atoms with Gasteiger partial charge in [0.15, 0.2) is 5.82 Å². The Kier molecular flexibility index (Phi) is 4.80. The highest BCUT2D eigenvalue weighted by molar-refractivity contribution is 5.85.